The Morgan fingerprint density at radius 1 is 0.438 bits per heavy atom. The van der Waals surface area contributed by atoms with Gasteiger partial charge in [-0.1, -0.05) is 207 Å². The summed E-state index contributed by atoms with van der Waals surface area (Å²) in [6, 6.07) is 79.5. The molecule has 1 heterocycles. The van der Waals surface area contributed by atoms with Crippen molar-refractivity contribution >= 4 is 58.5 Å². The molecule has 0 unspecified atom stereocenters. The van der Waals surface area contributed by atoms with Gasteiger partial charge < -0.3 is 0 Å². The third kappa shape index (κ3) is 10.3. The minimum atomic E-state index is -0.826. The van der Waals surface area contributed by atoms with E-state index in [1.54, 1.807) is 0 Å². The summed E-state index contributed by atoms with van der Waals surface area (Å²) < 4.78 is 0. The van der Waals surface area contributed by atoms with Crippen LogP contribution in [0.4, 0.5) is 0 Å². The van der Waals surface area contributed by atoms with E-state index in [1.165, 1.54) is 98.7 Å². The molecule has 0 aromatic heterocycles. The van der Waals surface area contributed by atoms with E-state index >= 15 is 0 Å². The fourth-order valence-electron chi connectivity index (χ4n) is 8.55. The van der Waals surface area contributed by atoms with Gasteiger partial charge in [0, 0.05) is 0 Å². The van der Waals surface area contributed by atoms with E-state index in [2.05, 4.69) is 240 Å². The molecule has 1 aliphatic heterocycles. The van der Waals surface area contributed by atoms with Crippen molar-refractivity contribution in [1.82, 2.24) is 0 Å². The van der Waals surface area contributed by atoms with Crippen molar-refractivity contribution in [2.24, 2.45) is 0 Å². The second-order valence-electron chi connectivity index (χ2n) is 16.5. The number of hydrogen-bond acceptors (Lipinski definition) is 0. The van der Waals surface area contributed by atoms with Crippen molar-refractivity contribution in [3.05, 3.63) is 230 Å². The molecule has 4 heteroatoms. The van der Waals surface area contributed by atoms with E-state index in [0.717, 1.165) is 9.52 Å². The van der Waals surface area contributed by atoms with Crippen LogP contribution in [0.5, 0.6) is 0 Å². The second kappa shape index (κ2) is 21.6. The van der Waals surface area contributed by atoms with Crippen molar-refractivity contribution in [2.45, 2.75) is 39.5 Å². The van der Waals surface area contributed by atoms with Gasteiger partial charge >= 0.3 is 37.9 Å². The Balaban J connectivity index is 0.000000132. The van der Waals surface area contributed by atoms with Crippen LogP contribution >= 0.6 is 17.0 Å². The number of benzene rings is 8. The summed E-state index contributed by atoms with van der Waals surface area (Å²) in [4.78, 5) is 0. The molecule has 10 aromatic rings. The van der Waals surface area contributed by atoms with Gasteiger partial charge in [-0.25, -0.2) is 0 Å². The van der Waals surface area contributed by atoms with Gasteiger partial charge in [-0.05, 0) is 45.2 Å². The standard InChI is InChI=1S/2C24H21.C12H7Si.2ClH.Zr/c2*1-17(2)21-15-20-13-14-22(18-9-5-3-6-10-18)24(23(20)16-21)19-11-7-4-8-12-19;1-3-7-11-9(5-1)10-6-2-4-8-12(10)13-11;;;/h2*3-17H,1-2H3;1-7H;2*1H;/q3*-1;;;+2/p-2. The average Bonchev–Trinajstić information content (AvgIpc) is 4.09. The third-order valence-corrected chi connectivity index (χ3v) is 13.2. The normalized spacial score (nSPS) is 11.2. The zero-order chi connectivity index (χ0) is 44.4. The minimum absolute atomic E-state index is 0.543. The van der Waals surface area contributed by atoms with Crippen molar-refractivity contribution in [3.8, 4) is 55.6 Å². The Hall–Kier alpha value is -5.34. The second-order valence-corrected chi connectivity index (χ2v) is 21.6. The number of fused-ring (bicyclic) bond motifs is 5. The number of rotatable bonds is 6. The first-order valence-electron chi connectivity index (χ1n) is 21.9. The van der Waals surface area contributed by atoms with Gasteiger partial charge in [0.05, 0.1) is 9.52 Å². The molecule has 11 rings (SSSR count). The van der Waals surface area contributed by atoms with Crippen LogP contribution in [0.2, 0.25) is 0 Å². The Labute approximate surface area is 400 Å². The summed E-state index contributed by atoms with van der Waals surface area (Å²) >= 11 is -0.826. The summed E-state index contributed by atoms with van der Waals surface area (Å²) in [5.41, 5.74) is 16.0. The molecule has 0 bridgehead atoms. The number of halogens is 2. The maximum Gasteiger partial charge on any atom is 0.0920 e. The smallest absolute Gasteiger partial charge is 0.0920 e. The van der Waals surface area contributed by atoms with Crippen molar-refractivity contribution < 1.29 is 20.8 Å². The van der Waals surface area contributed by atoms with E-state index in [-0.39, 0.29) is 0 Å². The Bertz CT molecular complexity index is 2850. The first-order valence-corrected chi connectivity index (χ1v) is 29.2. The van der Waals surface area contributed by atoms with Crippen LogP contribution in [0.1, 0.15) is 50.7 Å². The quantitative estimate of drug-likeness (QED) is 0.115. The third-order valence-electron chi connectivity index (χ3n) is 11.8. The Kier molecular flexibility index (Phi) is 15.2. The molecule has 0 amide bonds. The zero-order valence-electron chi connectivity index (χ0n) is 36.6. The summed E-state index contributed by atoms with van der Waals surface area (Å²) in [7, 11) is 10.7. The van der Waals surface area contributed by atoms with Crippen LogP contribution in [0.15, 0.2) is 212 Å². The molecule has 0 aliphatic carbocycles. The minimum Gasteiger partial charge on any atom is -0.184 e. The molecule has 0 saturated carbocycles. The Morgan fingerprint density at radius 2 is 0.828 bits per heavy atom. The number of hydrogen-bond donors (Lipinski definition) is 0. The Morgan fingerprint density at radius 3 is 1.27 bits per heavy atom. The molecule has 0 nitrogen and oxygen atoms in total. The van der Waals surface area contributed by atoms with Crippen molar-refractivity contribution in [1.29, 1.82) is 0 Å². The molecule has 64 heavy (non-hydrogen) atoms. The summed E-state index contributed by atoms with van der Waals surface area (Å²) in [5.74, 6) is 1.09. The van der Waals surface area contributed by atoms with E-state index in [9.17, 15) is 0 Å². The topological polar surface area (TPSA) is 0 Å². The maximum atomic E-state index is 4.93. The fourth-order valence-corrected chi connectivity index (χ4v) is 9.86. The van der Waals surface area contributed by atoms with E-state index in [1.807, 2.05) is 6.07 Å². The first-order chi connectivity index (χ1) is 31.3. The van der Waals surface area contributed by atoms with Gasteiger partial charge in [0.1, 0.15) is 0 Å². The fraction of sp³-hybridized carbons (Fsp3) is 0.100. The molecule has 0 saturated heterocycles. The van der Waals surface area contributed by atoms with Crippen LogP contribution in [-0.2, 0) is 20.8 Å². The monoisotopic (exact) mass is 957 g/mol. The zero-order valence-corrected chi connectivity index (χ0v) is 41.6. The predicted octanol–water partition coefficient (Wildman–Crippen LogP) is 16.5. The van der Waals surface area contributed by atoms with Gasteiger partial charge in [-0.3, -0.25) is 0 Å². The summed E-state index contributed by atoms with van der Waals surface area (Å²) in [6.45, 7) is 9.03. The van der Waals surface area contributed by atoms with Crippen molar-refractivity contribution in [2.75, 3.05) is 0 Å². The molecule has 2 radical (unpaired) electrons. The predicted molar refractivity (Wildman–Crippen MR) is 276 cm³/mol. The summed E-state index contributed by atoms with van der Waals surface area (Å²) in [6.07, 6.45) is 0. The molecule has 0 fully saturated rings. The van der Waals surface area contributed by atoms with Gasteiger partial charge in [0.25, 0.3) is 0 Å². The van der Waals surface area contributed by atoms with Crippen LogP contribution in [-0.4, -0.2) is 9.52 Å². The van der Waals surface area contributed by atoms with E-state index in [0.29, 0.717) is 11.8 Å². The molecule has 0 N–H and O–H groups in total. The molecular formula is C60H49Cl2SiZr-3. The maximum absolute atomic E-state index is 4.93. The SMILES string of the molecule is CC(C)c1cc2c(-c3ccccc3)c(-c3ccccc3)ccc2[cH-]1.CC(C)c1cc2c(-c3ccccc3)c(-c3ccccc3)ccc2[cH-]1.[Cl][Zr][Cl].[c-]1cccc2c1[Si]c1ccccc1-2. The van der Waals surface area contributed by atoms with Gasteiger partial charge in [-0.15, -0.1) is 62.5 Å². The van der Waals surface area contributed by atoms with Crippen LogP contribution in [0.25, 0.3) is 77.2 Å². The van der Waals surface area contributed by atoms with Crippen LogP contribution in [0, 0.1) is 6.07 Å². The van der Waals surface area contributed by atoms with Crippen LogP contribution in [0.3, 0.4) is 0 Å². The van der Waals surface area contributed by atoms with Gasteiger partial charge in [0.15, 0.2) is 0 Å². The molecular weight excluding hydrogens is 911 g/mol. The molecule has 0 atom stereocenters. The average molecular weight is 960 g/mol. The largest absolute Gasteiger partial charge is 0.184 e. The van der Waals surface area contributed by atoms with E-state index in [4.69, 9.17) is 17.0 Å². The summed E-state index contributed by atoms with van der Waals surface area (Å²) in [5, 5.41) is 8.19. The van der Waals surface area contributed by atoms with Gasteiger partial charge in [-0.2, -0.15) is 41.6 Å². The molecule has 1 aliphatic rings. The van der Waals surface area contributed by atoms with Crippen LogP contribution < -0.4 is 10.4 Å². The first kappa shape index (κ1) is 45.2. The molecule has 0 spiro atoms. The van der Waals surface area contributed by atoms with Crippen molar-refractivity contribution in [3.63, 3.8) is 0 Å². The molecule has 10 aromatic carbocycles. The van der Waals surface area contributed by atoms with E-state index < -0.39 is 20.8 Å². The molecule has 314 valence electrons. The van der Waals surface area contributed by atoms with Gasteiger partial charge in [0.2, 0.25) is 0 Å².